The Balaban J connectivity index is 2.60. The molecule has 0 fully saturated rings. The second kappa shape index (κ2) is 8.08. The van der Waals surface area contributed by atoms with E-state index in [1.54, 1.807) is 14.2 Å². The number of hydrogen-bond acceptors (Lipinski definition) is 4. The Kier molecular flexibility index (Phi) is 6.72. The Morgan fingerprint density at radius 2 is 1.89 bits per heavy atom. The molecule has 0 aromatic heterocycles. The van der Waals surface area contributed by atoms with Gasteiger partial charge >= 0.3 is 0 Å². The summed E-state index contributed by atoms with van der Waals surface area (Å²) in [6, 6.07) is 7.54. The maximum absolute atomic E-state index is 10.3. The molecule has 0 spiro atoms. The third-order valence-electron chi connectivity index (χ3n) is 2.99. The van der Waals surface area contributed by atoms with Crippen LogP contribution in [0.1, 0.15) is 25.0 Å². The highest BCUT2D eigenvalue weighted by atomic mass is 16.5. The van der Waals surface area contributed by atoms with Crippen molar-refractivity contribution >= 4 is 0 Å². The van der Waals surface area contributed by atoms with E-state index in [9.17, 15) is 5.11 Å². The van der Waals surface area contributed by atoms with Crippen molar-refractivity contribution in [2.45, 2.75) is 25.5 Å². The zero-order valence-electron chi connectivity index (χ0n) is 11.3. The van der Waals surface area contributed by atoms with Gasteiger partial charge in [-0.2, -0.15) is 0 Å². The first-order valence-corrected chi connectivity index (χ1v) is 6.27. The molecule has 1 aromatic carbocycles. The van der Waals surface area contributed by atoms with Gasteiger partial charge in [0.2, 0.25) is 0 Å². The van der Waals surface area contributed by atoms with Gasteiger partial charge in [-0.1, -0.05) is 19.1 Å². The van der Waals surface area contributed by atoms with Gasteiger partial charge in [0.15, 0.2) is 0 Å². The molecule has 0 radical (unpaired) electrons. The number of hydrogen-bond donors (Lipinski definition) is 2. The van der Waals surface area contributed by atoms with E-state index in [1.165, 1.54) is 0 Å². The number of benzene rings is 1. The Morgan fingerprint density at radius 3 is 2.39 bits per heavy atom. The lowest BCUT2D eigenvalue weighted by Gasteiger charge is -2.23. The fraction of sp³-hybridized carbons (Fsp3) is 0.571. The van der Waals surface area contributed by atoms with Crippen LogP contribution in [0.2, 0.25) is 0 Å². The Labute approximate surface area is 109 Å². The molecule has 0 saturated carbocycles. The molecule has 0 aliphatic carbocycles. The summed E-state index contributed by atoms with van der Waals surface area (Å²) < 4.78 is 10.1. The predicted molar refractivity (Wildman–Crippen MR) is 71.9 cm³/mol. The predicted octanol–water partition coefficient (Wildman–Crippen LogP) is 1.74. The molecule has 0 aliphatic rings. The average molecular weight is 253 g/mol. The van der Waals surface area contributed by atoms with Crippen molar-refractivity contribution in [1.29, 1.82) is 0 Å². The second-order valence-electron chi connectivity index (χ2n) is 4.18. The van der Waals surface area contributed by atoms with Crippen molar-refractivity contribution in [3.8, 4) is 5.75 Å². The second-order valence-corrected chi connectivity index (χ2v) is 4.18. The number of aliphatic hydroxyl groups is 1. The maximum Gasteiger partial charge on any atom is 0.118 e. The zero-order valence-corrected chi connectivity index (χ0v) is 11.3. The van der Waals surface area contributed by atoms with E-state index in [-0.39, 0.29) is 6.04 Å². The molecule has 102 valence electrons. The molecule has 2 unspecified atom stereocenters. The molecular formula is C14H23NO3. The largest absolute Gasteiger partial charge is 0.497 e. The summed E-state index contributed by atoms with van der Waals surface area (Å²) in [6.07, 6.45) is 0.342. The number of nitrogens with one attached hydrogen (secondary N) is 1. The lowest BCUT2D eigenvalue weighted by Crippen LogP contribution is -2.36. The van der Waals surface area contributed by atoms with Crippen molar-refractivity contribution in [3.05, 3.63) is 29.8 Å². The third-order valence-corrected chi connectivity index (χ3v) is 2.99. The smallest absolute Gasteiger partial charge is 0.118 e. The summed E-state index contributed by atoms with van der Waals surface area (Å²) in [5.41, 5.74) is 0.896. The monoisotopic (exact) mass is 253 g/mol. The van der Waals surface area contributed by atoms with Crippen molar-refractivity contribution < 1.29 is 14.6 Å². The Bertz CT molecular complexity index is 326. The molecule has 0 aliphatic heterocycles. The van der Waals surface area contributed by atoms with Crippen LogP contribution in [0.15, 0.2) is 24.3 Å². The summed E-state index contributed by atoms with van der Waals surface area (Å²) in [7, 11) is 3.30. The summed E-state index contributed by atoms with van der Waals surface area (Å²) in [5, 5.41) is 13.6. The quantitative estimate of drug-likeness (QED) is 0.693. The number of rotatable bonds is 8. The van der Waals surface area contributed by atoms with Crippen LogP contribution in [-0.2, 0) is 4.74 Å². The molecular weight excluding hydrogens is 230 g/mol. The van der Waals surface area contributed by atoms with E-state index < -0.39 is 6.10 Å². The standard InChI is InChI=1S/C14H23NO3/c1-4-13(15-9-10-17-2)14(16)11-5-7-12(18-3)8-6-11/h5-8,13-16H,4,9-10H2,1-3H3. The molecule has 0 saturated heterocycles. The summed E-state index contributed by atoms with van der Waals surface area (Å²) >= 11 is 0. The molecule has 18 heavy (non-hydrogen) atoms. The molecule has 0 bridgehead atoms. The van der Waals surface area contributed by atoms with Gasteiger partial charge in [-0.3, -0.25) is 0 Å². The first-order chi connectivity index (χ1) is 8.72. The first kappa shape index (κ1) is 15.0. The van der Waals surface area contributed by atoms with E-state index >= 15 is 0 Å². The third kappa shape index (κ3) is 4.29. The van der Waals surface area contributed by atoms with E-state index in [4.69, 9.17) is 9.47 Å². The van der Waals surface area contributed by atoms with Crippen LogP contribution in [-0.4, -0.2) is 38.5 Å². The maximum atomic E-state index is 10.3. The molecule has 4 heteroatoms. The van der Waals surface area contributed by atoms with E-state index in [2.05, 4.69) is 12.2 Å². The minimum Gasteiger partial charge on any atom is -0.497 e. The summed E-state index contributed by atoms with van der Waals surface area (Å²) in [6.45, 7) is 3.44. The van der Waals surface area contributed by atoms with Crippen LogP contribution in [0.3, 0.4) is 0 Å². The topological polar surface area (TPSA) is 50.7 Å². The van der Waals surface area contributed by atoms with Gasteiger partial charge in [-0.05, 0) is 24.1 Å². The van der Waals surface area contributed by atoms with Gasteiger partial charge in [-0.25, -0.2) is 0 Å². The van der Waals surface area contributed by atoms with Gasteiger partial charge in [0.25, 0.3) is 0 Å². The van der Waals surface area contributed by atoms with Crippen molar-refractivity contribution in [2.24, 2.45) is 0 Å². The normalized spacial score (nSPS) is 14.2. The molecule has 4 nitrogen and oxygen atoms in total. The van der Waals surface area contributed by atoms with E-state index in [0.29, 0.717) is 6.61 Å². The van der Waals surface area contributed by atoms with Crippen molar-refractivity contribution in [2.75, 3.05) is 27.4 Å². The molecule has 1 aromatic rings. The summed E-state index contributed by atoms with van der Waals surface area (Å²) in [5.74, 6) is 0.798. The van der Waals surface area contributed by atoms with Crippen LogP contribution in [0.25, 0.3) is 0 Å². The molecule has 0 amide bonds. The van der Waals surface area contributed by atoms with Gasteiger partial charge in [0, 0.05) is 19.7 Å². The van der Waals surface area contributed by atoms with Gasteiger partial charge in [0.05, 0.1) is 19.8 Å². The van der Waals surface area contributed by atoms with Gasteiger partial charge < -0.3 is 19.9 Å². The fourth-order valence-electron chi connectivity index (χ4n) is 1.86. The van der Waals surface area contributed by atoms with Crippen molar-refractivity contribution in [3.63, 3.8) is 0 Å². The highest BCUT2D eigenvalue weighted by Gasteiger charge is 2.18. The minimum atomic E-state index is -0.516. The highest BCUT2D eigenvalue weighted by Crippen LogP contribution is 2.21. The van der Waals surface area contributed by atoms with E-state index in [1.807, 2.05) is 24.3 Å². The van der Waals surface area contributed by atoms with Crippen LogP contribution in [0.5, 0.6) is 5.75 Å². The number of aliphatic hydroxyl groups excluding tert-OH is 1. The SMILES string of the molecule is CCC(NCCOC)C(O)c1ccc(OC)cc1. The van der Waals surface area contributed by atoms with Crippen LogP contribution in [0.4, 0.5) is 0 Å². The van der Waals surface area contributed by atoms with Crippen molar-refractivity contribution in [1.82, 2.24) is 5.32 Å². The van der Waals surface area contributed by atoms with Crippen LogP contribution < -0.4 is 10.1 Å². The lowest BCUT2D eigenvalue weighted by molar-refractivity contribution is 0.117. The molecule has 1 rings (SSSR count). The molecule has 2 atom stereocenters. The van der Waals surface area contributed by atoms with Gasteiger partial charge in [-0.15, -0.1) is 0 Å². The van der Waals surface area contributed by atoms with E-state index in [0.717, 1.165) is 24.3 Å². The number of methoxy groups -OCH3 is 2. The number of ether oxygens (including phenoxy) is 2. The van der Waals surface area contributed by atoms with Crippen LogP contribution >= 0.6 is 0 Å². The Hall–Kier alpha value is -1.10. The molecule has 2 N–H and O–H groups in total. The average Bonchev–Trinajstić information content (AvgIpc) is 2.43. The van der Waals surface area contributed by atoms with Gasteiger partial charge in [0.1, 0.15) is 5.75 Å². The first-order valence-electron chi connectivity index (χ1n) is 6.27. The Morgan fingerprint density at radius 1 is 1.22 bits per heavy atom. The lowest BCUT2D eigenvalue weighted by atomic mass is 10.0. The summed E-state index contributed by atoms with van der Waals surface area (Å²) in [4.78, 5) is 0. The fourth-order valence-corrected chi connectivity index (χ4v) is 1.86. The van der Waals surface area contributed by atoms with Crippen LogP contribution in [0, 0.1) is 0 Å². The molecule has 0 heterocycles. The zero-order chi connectivity index (χ0) is 13.4. The minimum absolute atomic E-state index is 0.0357. The highest BCUT2D eigenvalue weighted by molar-refractivity contribution is 5.29.